The predicted molar refractivity (Wildman–Crippen MR) is 58.7 cm³/mol. The molecule has 4 nitrogen and oxygen atoms in total. The van der Waals surface area contributed by atoms with Gasteiger partial charge in [0.15, 0.2) is 5.78 Å². The maximum Gasteiger partial charge on any atom is 0.304 e. The Bertz CT molecular complexity index is 381. The Morgan fingerprint density at radius 3 is 2.31 bits per heavy atom. The summed E-state index contributed by atoms with van der Waals surface area (Å²) in [6.07, 6.45) is -0.148. The average molecular weight is 222 g/mol. The molecule has 0 aliphatic rings. The smallest absolute Gasteiger partial charge is 0.304 e. The van der Waals surface area contributed by atoms with Gasteiger partial charge in [-0.2, -0.15) is 0 Å². The molecule has 0 amide bonds. The van der Waals surface area contributed by atoms with Gasteiger partial charge in [-0.25, -0.2) is 0 Å². The highest BCUT2D eigenvalue weighted by Crippen LogP contribution is 2.16. The number of ketones is 1. The van der Waals surface area contributed by atoms with Gasteiger partial charge in [0.2, 0.25) is 0 Å². The van der Waals surface area contributed by atoms with Crippen LogP contribution in [0.4, 0.5) is 0 Å². The van der Waals surface area contributed by atoms with Crippen LogP contribution < -0.4 is 4.74 Å². The van der Waals surface area contributed by atoms with Crippen LogP contribution >= 0.6 is 0 Å². The lowest BCUT2D eigenvalue weighted by atomic mass is 9.96. The molecule has 1 aromatic rings. The van der Waals surface area contributed by atoms with Gasteiger partial charge in [0.05, 0.1) is 13.5 Å². The van der Waals surface area contributed by atoms with Gasteiger partial charge in [0.25, 0.3) is 0 Å². The number of carboxylic acids is 1. The van der Waals surface area contributed by atoms with Crippen molar-refractivity contribution in [1.82, 2.24) is 0 Å². The first-order chi connectivity index (χ1) is 7.54. The standard InChI is InChI=1S/C12H14O4/c1-8(7-11(13)14)12(15)9-3-5-10(16-2)6-4-9/h3-6,8H,7H2,1-2H3,(H,13,14). The maximum atomic E-state index is 11.8. The fraction of sp³-hybridized carbons (Fsp3) is 0.333. The third-order valence-electron chi connectivity index (χ3n) is 2.30. The second-order valence-electron chi connectivity index (χ2n) is 3.59. The molecule has 0 saturated carbocycles. The zero-order valence-electron chi connectivity index (χ0n) is 9.27. The van der Waals surface area contributed by atoms with Crippen LogP contribution in [-0.2, 0) is 4.79 Å². The number of hydrogen-bond acceptors (Lipinski definition) is 3. The number of Topliss-reactive ketones (excluding diaryl/α,β-unsaturated/α-hetero) is 1. The van der Waals surface area contributed by atoms with E-state index in [1.807, 2.05) is 0 Å². The molecule has 0 heterocycles. The van der Waals surface area contributed by atoms with Crippen molar-refractivity contribution in [2.45, 2.75) is 13.3 Å². The molecule has 0 aliphatic heterocycles. The van der Waals surface area contributed by atoms with E-state index in [1.165, 1.54) is 0 Å². The number of benzene rings is 1. The summed E-state index contributed by atoms with van der Waals surface area (Å²) < 4.78 is 4.97. The summed E-state index contributed by atoms with van der Waals surface area (Å²) in [6.45, 7) is 1.61. The van der Waals surface area contributed by atoms with Crippen LogP contribution in [0.3, 0.4) is 0 Å². The van der Waals surface area contributed by atoms with Crippen LogP contribution in [0.1, 0.15) is 23.7 Å². The van der Waals surface area contributed by atoms with Crippen molar-refractivity contribution in [3.05, 3.63) is 29.8 Å². The van der Waals surface area contributed by atoms with E-state index in [0.29, 0.717) is 11.3 Å². The third kappa shape index (κ3) is 3.08. The number of carbonyl (C=O) groups is 2. The van der Waals surface area contributed by atoms with E-state index >= 15 is 0 Å². The van der Waals surface area contributed by atoms with Crippen molar-refractivity contribution in [3.63, 3.8) is 0 Å². The third-order valence-corrected chi connectivity index (χ3v) is 2.30. The molecule has 0 saturated heterocycles. The van der Waals surface area contributed by atoms with Crippen LogP contribution in [0.2, 0.25) is 0 Å². The van der Waals surface area contributed by atoms with Crippen LogP contribution in [0.5, 0.6) is 5.75 Å². The molecule has 1 unspecified atom stereocenters. The van der Waals surface area contributed by atoms with E-state index in [4.69, 9.17) is 9.84 Å². The highest BCUT2D eigenvalue weighted by Gasteiger charge is 2.17. The second-order valence-corrected chi connectivity index (χ2v) is 3.59. The molecule has 0 aliphatic carbocycles. The largest absolute Gasteiger partial charge is 0.497 e. The van der Waals surface area contributed by atoms with E-state index < -0.39 is 11.9 Å². The molecule has 1 N–H and O–H groups in total. The van der Waals surface area contributed by atoms with Crippen LogP contribution in [0, 0.1) is 5.92 Å². The molecule has 0 spiro atoms. The molecule has 1 atom stereocenters. The van der Waals surface area contributed by atoms with E-state index in [-0.39, 0.29) is 12.2 Å². The van der Waals surface area contributed by atoms with Crippen LogP contribution in [-0.4, -0.2) is 24.0 Å². The molecule has 1 rings (SSSR count). The predicted octanol–water partition coefficient (Wildman–Crippen LogP) is 1.99. The highest BCUT2D eigenvalue weighted by atomic mass is 16.5. The zero-order chi connectivity index (χ0) is 12.1. The van der Waals surface area contributed by atoms with Gasteiger partial charge in [0, 0.05) is 11.5 Å². The highest BCUT2D eigenvalue weighted by molar-refractivity contribution is 5.99. The van der Waals surface area contributed by atoms with Gasteiger partial charge in [-0.1, -0.05) is 6.92 Å². The monoisotopic (exact) mass is 222 g/mol. The lowest BCUT2D eigenvalue weighted by Gasteiger charge is -2.08. The quantitative estimate of drug-likeness (QED) is 0.774. The van der Waals surface area contributed by atoms with Crippen LogP contribution in [0.25, 0.3) is 0 Å². The fourth-order valence-electron chi connectivity index (χ4n) is 1.39. The Kier molecular flexibility index (Phi) is 4.05. The summed E-state index contributed by atoms with van der Waals surface area (Å²) >= 11 is 0. The normalized spacial score (nSPS) is 11.9. The Morgan fingerprint density at radius 2 is 1.88 bits per heavy atom. The van der Waals surface area contributed by atoms with Crippen molar-refractivity contribution in [2.24, 2.45) is 5.92 Å². The minimum Gasteiger partial charge on any atom is -0.497 e. The SMILES string of the molecule is COc1ccc(C(=O)C(C)CC(=O)O)cc1. The van der Waals surface area contributed by atoms with Gasteiger partial charge in [0.1, 0.15) is 5.75 Å². The van der Waals surface area contributed by atoms with E-state index in [2.05, 4.69) is 0 Å². The Hall–Kier alpha value is -1.84. The first-order valence-electron chi connectivity index (χ1n) is 4.94. The number of aliphatic carboxylic acids is 1. The summed E-state index contributed by atoms with van der Waals surface area (Å²) in [5.41, 5.74) is 0.509. The minimum absolute atomic E-state index is 0.148. The number of carbonyl (C=O) groups excluding carboxylic acids is 1. The van der Waals surface area contributed by atoms with E-state index in [1.54, 1.807) is 38.3 Å². The zero-order valence-corrected chi connectivity index (χ0v) is 9.27. The van der Waals surface area contributed by atoms with Gasteiger partial charge >= 0.3 is 5.97 Å². The van der Waals surface area contributed by atoms with Crippen molar-refractivity contribution < 1.29 is 19.4 Å². The molecule has 86 valence electrons. The van der Waals surface area contributed by atoms with Gasteiger partial charge < -0.3 is 9.84 Å². The minimum atomic E-state index is -0.964. The van der Waals surface area contributed by atoms with Crippen LogP contribution in [0.15, 0.2) is 24.3 Å². The molecule has 0 bridgehead atoms. The van der Waals surface area contributed by atoms with Gasteiger partial charge in [-0.3, -0.25) is 9.59 Å². The Labute approximate surface area is 93.9 Å². The van der Waals surface area contributed by atoms with Gasteiger partial charge in [-0.15, -0.1) is 0 Å². The lowest BCUT2D eigenvalue weighted by molar-refractivity contribution is -0.137. The molecular formula is C12H14O4. The molecule has 0 aromatic heterocycles. The van der Waals surface area contributed by atoms with E-state index in [0.717, 1.165) is 0 Å². The number of methoxy groups -OCH3 is 1. The number of rotatable bonds is 5. The van der Waals surface area contributed by atoms with Crippen molar-refractivity contribution >= 4 is 11.8 Å². The molecule has 1 aromatic carbocycles. The first-order valence-corrected chi connectivity index (χ1v) is 4.94. The average Bonchev–Trinajstić information content (AvgIpc) is 2.27. The summed E-state index contributed by atoms with van der Waals surface area (Å²) in [5.74, 6) is -0.965. The van der Waals surface area contributed by atoms with Crippen molar-refractivity contribution in [1.29, 1.82) is 0 Å². The maximum absolute atomic E-state index is 11.8. The van der Waals surface area contributed by atoms with Crippen molar-refractivity contribution in [2.75, 3.05) is 7.11 Å². The topological polar surface area (TPSA) is 63.6 Å². The summed E-state index contributed by atoms with van der Waals surface area (Å²) in [7, 11) is 1.55. The van der Waals surface area contributed by atoms with Crippen molar-refractivity contribution in [3.8, 4) is 5.75 Å². The fourth-order valence-corrected chi connectivity index (χ4v) is 1.39. The molecule has 0 fully saturated rings. The number of carboxylic acid groups (broad SMARTS) is 1. The molecule has 16 heavy (non-hydrogen) atoms. The molecule has 0 radical (unpaired) electrons. The number of hydrogen-bond donors (Lipinski definition) is 1. The summed E-state index contributed by atoms with van der Waals surface area (Å²) in [4.78, 5) is 22.2. The Balaban J connectivity index is 2.75. The lowest BCUT2D eigenvalue weighted by Crippen LogP contribution is -2.15. The Morgan fingerprint density at radius 1 is 1.31 bits per heavy atom. The van der Waals surface area contributed by atoms with Gasteiger partial charge in [-0.05, 0) is 24.3 Å². The summed E-state index contributed by atoms with van der Waals surface area (Å²) in [6, 6.07) is 6.64. The number of ether oxygens (including phenoxy) is 1. The van der Waals surface area contributed by atoms with E-state index in [9.17, 15) is 9.59 Å². The first kappa shape index (κ1) is 12.2. The second kappa shape index (κ2) is 5.30. The molecular weight excluding hydrogens is 208 g/mol. The summed E-state index contributed by atoms with van der Waals surface area (Å²) in [5, 5.41) is 8.59. The molecule has 4 heteroatoms.